The lowest BCUT2D eigenvalue weighted by Gasteiger charge is -2.25. The molecular weight excluding hydrogens is 374 g/mol. The molecule has 0 spiro atoms. The Balaban J connectivity index is 2.00. The van der Waals surface area contributed by atoms with E-state index in [0.717, 1.165) is 4.90 Å². The maximum Gasteiger partial charge on any atom is 0.506 e. The molecular formula is C18H19ClN3O3S+. The molecule has 2 aliphatic heterocycles. The number of hydrogen-bond donors (Lipinski definition) is 0. The number of nitrogens with zero attached hydrogens (tertiary/aromatic N) is 3. The van der Waals surface area contributed by atoms with Gasteiger partial charge in [-0.25, -0.2) is 4.79 Å². The lowest BCUT2D eigenvalue weighted by Crippen LogP contribution is -2.57. The van der Waals surface area contributed by atoms with Gasteiger partial charge in [0.2, 0.25) is 0 Å². The molecule has 3 rings (SSSR count). The zero-order valence-corrected chi connectivity index (χ0v) is 16.1. The Labute approximate surface area is 161 Å². The molecule has 0 aromatic heterocycles. The second kappa shape index (κ2) is 7.63. The number of carbonyl (C=O) groups is 3. The van der Waals surface area contributed by atoms with Gasteiger partial charge in [-0.3, -0.25) is 4.79 Å². The lowest BCUT2D eigenvalue weighted by molar-refractivity contribution is -0.416. The molecule has 0 saturated carbocycles. The molecule has 26 heavy (non-hydrogen) atoms. The second-order valence-electron chi connectivity index (χ2n) is 5.83. The third kappa shape index (κ3) is 3.29. The van der Waals surface area contributed by atoms with E-state index in [1.165, 1.54) is 16.3 Å². The standard InChI is InChI=1S/C18H19ClN3O3S/c1-3-20(4-2)15(23)11-21-14-8-9-26-16(14)17(24)22(18(21)25)13-7-5-6-12(19)10-13/h5-10,16H,3-4,11H2,1-2H3/q+1. The average molecular weight is 393 g/mol. The van der Waals surface area contributed by atoms with Gasteiger partial charge < -0.3 is 4.90 Å². The molecule has 1 aromatic carbocycles. The van der Waals surface area contributed by atoms with Crippen molar-refractivity contribution in [2.45, 2.75) is 19.1 Å². The van der Waals surface area contributed by atoms with Gasteiger partial charge in [-0.2, -0.15) is 9.37 Å². The summed E-state index contributed by atoms with van der Waals surface area (Å²) < 4.78 is 1.39. The van der Waals surface area contributed by atoms with Crippen LogP contribution in [0, 0.1) is 0 Å². The van der Waals surface area contributed by atoms with Crippen molar-refractivity contribution in [1.82, 2.24) is 4.90 Å². The maximum absolute atomic E-state index is 13.1. The fourth-order valence-electron chi connectivity index (χ4n) is 3.03. The van der Waals surface area contributed by atoms with Crippen LogP contribution in [0.25, 0.3) is 0 Å². The van der Waals surface area contributed by atoms with Crippen LogP contribution < -0.4 is 4.90 Å². The fourth-order valence-corrected chi connectivity index (χ4v) is 4.15. The molecule has 0 aliphatic carbocycles. The topological polar surface area (TPSA) is 60.7 Å². The highest BCUT2D eigenvalue weighted by molar-refractivity contribution is 8.04. The molecule has 2 aliphatic rings. The van der Waals surface area contributed by atoms with Gasteiger partial charge in [-0.15, -0.1) is 16.7 Å². The fraction of sp³-hybridized carbons (Fsp3) is 0.333. The van der Waals surface area contributed by atoms with E-state index in [9.17, 15) is 14.4 Å². The van der Waals surface area contributed by atoms with Gasteiger partial charge in [0.15, 0.2) is 11.8 Å². The number of thioether (sulfide) groups is 1. The number of allylic oxidation sites excluding steroid dienone is 1. The molecule has 0 bridgehead atoms. The van der Waals surface area contributed by atoms with E-state index in [0.29, 0.717) is 29.5 Å². The molecule has 1 aromatic rings. The summed E-state index contributed by atoms with van der Waals surface area (Å²) in [5, 5.41) is 1.68. The normalized spacial score (nSPS) is 19.2. The van der Waals surface area contributed by atoms with Crippen LogP contribution in [-0.4, -0.2) is 57.9 Å². The van der Waals surface area contributed by atoms with Crippen molar-refractivity contribution in [1.29, 1.82) is 0 Å². The first-order valence-electron chi connectivity index (χ1n) is 8.35. The van der Waals surface area contributed by atoms with Crippen LogP contribution >= 0.6 is 23.4 Å². The van der Waals surface area contributed by atoms with Crippen molar-refractivity contribution in [3.05, 3.63) is 40.8 Å². The van der Waals surface area contributed by atoms with Gasteiger partial charge >= 0.3 is 11.9 Å². The minimum absolute atomic E-state index is 0.0956. The van der Waals surface area contributed by atoms with Gasteiger partial charge in [-0.1, -0.05) is 17.7 Å². The molecule has 2 heterocycles. The van der Waals surface area contributed by atoms with E-state index in [2.05, 4.69) is 0 Å². The molecule has 0 radical (unpaired) electrons. The molecule has 8 heteroatoms. The summed E-state index contributed by atoms with van der Waals surface area (Å²) in [6.07, 6.45) is 1.73. The SMILES string of the molecule is CCN(CC)C(=O)C[N+]1=C2C=CSC2C(=O)N(c2cccc(Cl)c2)C1=O. The Morgan fingerprint density at radius 3 is 2.69 bits per heavy atom. The number of carbonyl (C=O) groups excluding carboxylic acids is 3. The van der Waals surface area contributed by atoms with E-state index in [-0.39, 0.29) is 18.4 Å². The first kappa shape index (κ1) is 18.7. The Morgan fingerprint density at radius 1 is 1.31 bits per heavy atom. The number of benzene rings is 1. The number of halogens is 1. The van der Waals surface area contributed by atoms with Crippen LogP contribution in [-0.2, 0) is 9.59 Å². The molecule has 1 atom stereocenters. The summed E-state index contributed by atoms with van der Waals surface area (Å²) in [7, 11) is 0. The van der Waals surface area contributed by atoms with Crippen LogP contribution in [0.3, 0.4) is 0 Å². The van der Waals surface area contributed by atoms with Crippen molar-refractivity contribution in [2.24, 2.45) is 0 Å². The minimum atomic E-state index is -0.531. The summed E-state index contributed by atoms with van der Waals surface area (Å²) >= 11 is 7.35. The highest BCUT2D eigenvalue weighted by atomic mass is 35.5. The van der Waals surface area contributed by atoms with Crippen LogP contribution in [0.5, 0.6) is 0 Å². The van der Waals surface area contributed by atoms with E-state index in [4.69, 9.17) is 11.6 Å². The van der Waals surface area contributed by atoms with E-state index in [1.807, 2.05) is 13.8 Å². The van der Waals surface area contributed by atoms with Gasteiger partial charge in [0.1, 0.15) is 11.4 Å². The summed E-state index contributed by atoms with van der Waals surface area (Å²) in [4.78, 5) is 41.3. The Kier molecular flexibility index (Phi) is 5.48. The van der Waals surface area contributed by atoms with Crippen molar-refractivity contribution in [3.63, 3.8) is 0 Å². The van der Waals surface area contributed by atoms with Gasteiger partial charge in [0.05, 0.1) is 0 Å². The van der Waals surface area contributed by atoms with Crippen molar-refractivity contribution in [2.75, 3.05) is 24.5 Å². The monoisotopic (exact) mass is 392 g/mol. The quantitative estimate of drug-likeness (QED) is 0.723. The van der Waals surface area contributed by atoms with Gasteiger partial charge in [-0.05, 0) is 37.5 Å². The first-order valence-corrected chi connectivity index (χ1v) is 9.67. The zero-order valence-electron chi connectivity index (χ0n) is 14.5. The van der Waals surface area contributed by atoms with Crippen molar-refractivity contribution < 1.29 is 19.0 Å². The number of fused-ring (bicyclic) bond motifs is 1. The number of rotatable bonds is 5. The number of hydrogen-bond acceptors (Lipinski definition) is 4. The molecule has 4 amide bonds. The van der Waals surface area contributed by atoms with E-state index >= 15 is 0 Å². The molecule has 136 valence electrons. The largest absolute Gasteiger partial charge is 0.506 e. The number of anilines is 1. The van der Waals surface area contributed by atoms with Gasteiger partial charge in [0.25, 0.3) is 5.91 Å². The number of imide groups is 1. The van der Waals surface area contributed by atoms with E-state index in [1.54, 1.807) is 40.6 Å². The highest BCUT2D eigenvalue weighted by Gasteiger charge is 2.50. The predicted octanol–water partition coefficient (Wildman–Crippen LogP) is 2.76. The van der Waals surface area contributed by atoms with Crippen molar-refractivity contribution in [3.8, 4) is 0 Å². The third-order valence-corrected chi connectivity index (χ3v) is 5.62. The van der Waals surface area contributed by atoms with Gasteiger partial charge in [0, 0.05) is 24.2 Å². The van der Waals surface area contributed by atoms with E-state index < -0.39 is 11.3 Å². The smallest absolute Gasteiger partial charge is 0.340 e. The van der Waals surface area contributed by atoms with Crippen LogP contribution in [0.2, 0.25) is 5.02 Å². The maximum atomic E-state index is 13.1. The van der Waals surface area contributed by atoms with Crippen LogP contribution in [0.1, 0.15) is 13.8 Å². The Morgan fingerprint density at radius 2 is 2.04 bits per heavy atom. The molecule has 0 N–H and O–H groups in total. The zero-order chi connectivity index (χ0) is 18.8. The highest BCUT2D eigenvalue weighted by Crippen LogP contribution is 2.31. The molecule has 0 saturated heterocycles. The summed E-state index contributed by atoms with van der Waals surface area (Å²) in [5.41, 5.74) is 0.961. The summed E-state index contributed by atoms with van der Waals surface area (Å²) in [6.45, 7) is 4.82. The second-order valence-corrected chi connectivity index (χ2v) is 7.28. The molecule has 1 unspecified atom stereocenters. The summed E-state index contributed by atoms with van der Waals surface area (Å²) in [6, 6.07) is 6.05. The number of urea groups is 1. The Bertz CT molecular complexity index is 833. The lowest BCUT2D eigenvalue weighted by atomic mass is 10.1. The average Bonchev–Trinajstić information content (AvgIpc) is 3.10. The number of likely N-dealkylation sites (N-methyl/N-ethyl adjacent to an activating group) is 1. The third-order valence-electron chi connectivity index (χ3n) is 4.38. The minimum Gasteiger partial charge on any atom is -0.340 e. The van der Waals surface area contributed by atoms with Crippen molar-refractivity contribution >= 4 is 52.6 Å². The Hall–Kier alpha value is -2.12. The number of amides is 4. The van der Waals surface area contributed by atoms with Crippen LogP contribution in [0.15, 0.2) is 35.7 Å². The summed E-state index contributed by atoms with van der Waals surface area (Å²) in [5.74, 6) is -0.478. The molecule has 6 nitrogen and oxygen atoms in total. The van der Waals surface area contributed by atoms with Crippen LogP contribution in [0.4, 0.5) is 10.5 Å². The predicted molar refractivity (Wildman–Crippen MR) is 103 cm³/mol. The first-order chi connectivity index (χ1) is 12.5. The molecule has 0 fully saturated rings.